The summed E-state index contributed by atoms with van der Waals surface area (Å²) in [6.07, 6.45) is -0.0173. The van der Waals surface area contributed by atoms with Crippen molar-refractivity contribution >= 4 is 39.1 Å². The normalized spacial score (nSPS) is 21.4. The van der Waals surface area contributed by atoms with E-state index < -0.39 is 28.5 Å². The number of aliphatic hydroxyl groups is 1. The third-order valence-electron chi connectivity index (χ3n) is 6.50. The lowest BCUT2D eigenvalue weighted by Crippen LogP contribution is -2.64. The summed E-state index contributed by atoms with van der Waals surface area (Å²) >= 11 is 3.51. The molecule has 0 saturated heterocycles. The predicted molar refractivity (Wildman–Crippen MR) is 119 cm³/mol. The fraction of sp³-hybridized carbons (Fsp3) is 0.160. The molecule has 0 aromatic heterocycles. The van der Waals surface area contributed by atoms with Crippen LogP contribution >= 0.6 is 15.9 Å². The minimum absolute atomic E-state index is 0.0173. The minimum atomic E-state index is -2.55. The third kappa shape index (κ3) is 2.37. The Morgan fingerprint density at radius 1 is 0.839 bits per heavy atom. The molecule has 1 unspecified atom stereocenters. The minimum Gasteiger partial charge on any atom is -0.373 e. The number of hydrogen-bond donors (Lipinski definition) is 1. The molecule has 2 aliphatic rings. The average molecular weight is 476 g/mol. The van der Waals surface area contributed by atoms with Crippen molar-refractivity contribution in [2.24, 2.45) is 0 Å². The lowest BCUT2D eigenvalue weighted by molar-refractivity contribution is -0.129. The number of Topliss-reactive ketones (excluding diaryl/α,β-unsaturated/α-hetero) is 2. The molecule has 1 heterocycles. The molecule has 1 amide bonds. The average Bonchev–Trinajstić information content (AvgIpc) is 3.13. The van der Waals surface area contributed by atoms with Crippen molar-refractivity contribution in [3.8, 4) is 0 Å². The Morgan fingerprint density at radius 2 is 1.39 bits per heavy atom. The van der Waals surface area contributed by atoms with E-state index in [1.807, 2.05) is 24.3 Å². The van der Waals surface area contributed by atoms with Crippen LogP contribution in [0.1, 0.15) is 31.8 Å². The largest absolute Gasteiger partial charge is 0.373 e. The van der Waals surface area contributed by atoms with E-state index >= 15 is 0 Å². The van der Waals surface area contributed by atoms with Crippen molar-refractivity contribution in [3.05, 3.63) is 99.5 Å². The first-order valence-electron chi connectivity index (χ1n) is 9.86. The Hall–Kier alpha value is -3.09. The molecule has 3 aromatic carbocycles. The van der Waals surface area contributed by atoms with Gasteiger partial charge in [0.05, 0.1) is 0 Å². The SMILES string of the molecule is CN1C(=O)C(Cc2ccccc2Br)(C2(O)C(=O)c3ccccc3C2=O)c2ccccc21. The Morgan fingerprint density at radius 3 is 2.03 bits per heavy atom. The number of hydrogen-bond acceptors (Lipinski definition) is 4. The van der Waals surface area contributed by atoms with Crippen LogP contribution in [0.2, 0.25) is 0 Å². The van der Waals surface area contributed by atoms with E-state index in [0.717, 1.165) is 4.47 Å². The number of fused-ring (bicyclic) bond motifs is 2. The topological polar surface area (TPSA) is 74.7 Å². The lowest BCUT2D eigenvalue weighted by Gasteiger charge is -2.39. The molecule has 1 aliphatic heterocycles. The molecule has 3 aromatic rings. The van der Waals surface area contributed by atoms with Gasteiger partial charge in [0.15, 0.2) is 0 Å². The summed E-state index contributed by atoms with van der Waals surface area (Å²) in [5.41, 5.74) is -2.31. The van der Waals surface area contributed by atoms with Crippen LogP contribution in [0.3, 0.4) is 0 Å². The van der Waals surface area contributed by atoms with Gasteiger partial charge >= 0.3 is 0 Å². The molecule has 0 spiro atoms. The van der Waals surface area contributed by atoms with Crippen molar-refractivity contribution < 1.29 is 19.5 Å². The number of nitrogens with zero attached hydrogens (tertiary/aromatic N) is 1. The van der Waals surface area contributed by atoms with Crippen LogP contribution in [0.25, 0.3) is 0 Å². The number of likely N-dealkylation sites (N-methyl/N-ethyl adjacent to an activating group) is 1. The number of ketones is 2. The Kier molecular flexibility index (Phi) is 4.29. The molecule has 1 aliphatic carbocycles. The number of rotatable bonds is 3. The molecule has 0 saturated carbocycles. The van der Waals surface area contributed by atoms with Gasteiger partial charge in [-0.15, -0.1) is 0 Å². The van der Waals surface area contributed by atoms with E-state index in [-0.39, 0.29) is 17.5 Å². The van der Waals surface area contributed by atoms with Crippen LogP contribution in [0.5, 0.6) is 0 Å². The second-order valence-electron chi connectivity index (χ2n) is 7.97. The van der Waals surface area contributed by atoms with E-state index in [0.29, 0.717) is 16.8 Å². The van der Waals surface area contributed by atoms with Crippen LogP contribution in [0.15, 0.2) is 77.3 Å². The molecule has 0 radical (unpaired) electrons. The van der Waals surface area contributed by atoms with Gasteiger partial charge in [-0.25, -0.2) is 0 Å². The first kappa shape index (κ1) is 19.8. The maximum absolute atomic E-state index is 13.9. The van der Waals surface area contributed by atoms with Crippen molar-refractivity contribution in [3.63, 3.8) is 0 Å². The zero-order chi connectivity index (χ0) is 22.0. The maximum Gasteiger partial charge on any atom is 0.241 e. The molecule has 0 fully saturated rings. The zero-order valence-electron chi connectivity index (χ0n) is 16.6. The summed E-state index contributed by atoms with van der Waals surface area (Å²) in [4.78, 5) is 42.5. The highest BCUT2D eigenvalue weighted by atomic mass is 79.9. The molecule has 6 heteroatoms. The van der Waals surface area contributed by atoms with Gasteiger partial charge in [0.25, 0.3) is 0 Å². The number of benzene rings is 3. The van der Waals surface area contributed by atoms with Crippen LogP contribution < -0.4 is 4.90 Å². The highest BCUT2D eigenvalue weighted by Gasteiger charge is 2.71. The summed E-state index contributed by atoms with van der Waals surface area (Å²) in [6.45, 7) is 0. The molecular weight excluding hydrogens is 458 g/mol. The van der Waals surface area contributed by atoms with E-state index in [2.05, 4.69) is 15.9 Å². The monoisotopic (exact) mass is 475 g/mol. The van der Waals surface area contributed by atoms with Crippen molar-refractivity contribution in [2.45, 2.75) is 17.4 Å². The number of carbonyl (C=O) groups is 3. The summed E-state index contributed by atoms with van der Waals surface area (Å²) < 4.78 is 0.730. The standard InChI is InChI=1S/C25H18BrNO4/c1-27-20-13-7-5-11-18(20)24(23(27)30,14-15-8-2-6-12-19(15)26)25(31)21(28)16-9-3-4-10-17(16)22(25)29/h2-13,31H,14H2,1H3. The number of halogens is 1. The first-order chi connectivity index (χ1) is 14.8. The smallest absolute Gasteiger partial charge is 0.241 e. The van der Waals surface area contributed by atoms with Crippen LogP contribution in [-0.2, 0) is 16.6 Å². The molecule has 5 nitrogen and oxygen atoms in total. The summed E-state index contributed by atoms with van der Waals surface area (Å²) in [5.74, 6) is -1.96. The van der Waals surface area contributed by atoms with Gasteiger partial charge in [0.1, 0.15) is 5.41 Å². The van der Waals surface area contributed by atoms with E-state index in [1.54, 1.807) is 43.4 Å². The van der Waals surface area contributed by atoms with Crippen LogP contribution in [0.4, 0.5) is 5.69 Å². The summed E-state index contributed by atoms with van der Waals surface area (Å²) in [7, 11) is 1.60. The first-order valence-corrected chi connectivity index (χ1v) is 10.7. The molecule has 1 atom stereocenters. The van der Waals surface area contributed by atoms with Crippen molar-refractivity contribution in [1.29, 1.82) is 0 Å². The molecular formula is C25H18BrNO4. The molecule has 31 heavy (non-hydrogen) atoms. The summed E-state index contributed by atoms with van der Waals surface area (Å²) in [6, 6.07) is 20.7. The van der Waals surface area contributed by atoms with Crippen molar-refractivity contribution in [1.82, 2.24) is 0 Å². The van der Waals surface area contributed by atoms with Gasteiger partial charge in [0, 0.05) is 28.3 Å². The van der Waals surface area contributed by atoms with Crippen LogP contribution in [0, 0.1) is 0 Å². The second kappa shape index (κ2) is 6.70. The highest BCUT2D eigenvalue weighted by molar-refractivity contribution is 9.10. The quantitative estimate of drug-likeness (QED) is 0.585. The van der Waals surface area contributed by atoms with Gasteiger partial charge in [-0.05, 0) is 29.7 Å². The van der Waals surface area contributed by atoms with Gasteiger partial charge < -0.3 is 10.0 Å². The van der Waals surface area contributed by atoms with Gasteiger partial charge in [0.2, 0.25) is 23.1 Å². The Balaban J connectivity index is 1.84. The van der Waals surface area contributed by atoms with Crippen molar-refractivity contribution in [2.75, 3.05) is 11.9 Å². The second-order valence-corrected chi connectivity index (χ2v) is 8.82. The van der Waals surface area contributed by atoms with E-state index in [9.17, 15) is 19.5 Å². The van der Waals surface area contributed by atoms with E-state index in [1.165, 1.54) is 17.0 Å². The molecule has 0 bridgehead atoms. The number of para-hydroxylation sites is 1. The Bertz CT molecular complexity index is 1250. The maximum atomic E-state index is 13.9. The van der Waals surface area contributed by atoms with Gasteiger partial charge in [-0.2, -0.15) is 0 Å². The summed E-state index contributed by atoms with van der Waals surface area (Å²) in [5, 5.41) is 12.0. The Labute approximate surface area is 187 Å². The lowest BCUT2D eigenvalue weighted by atomic mass is 9.62. The zero-order valence-corrected chi connectivity index (χ0v) is 18.2. The number of anilines is 1. The number of amides is 1. The molecule has 1 N–H and O–H groups in total. The van der Waals surface area contributed by atoms with Crippen LogP contribution in [-0.4, -0.2) is 35.2 Å². The fourth-order valence-electron chi connectivity index (χ4n) is 4.97. The number of carbonyl (C=O) groups excluding carboxylic acids is 3. The van der Waals surface area contributed by atoms with Gasteiger partial charge in [-0.3, -0.25) is 14.4 Å². The molecule has 154 valence electrons. The molecule has 5 rings (SSSR count). The predicted octanol–water partition coefficient (Wildman–Crippen LogP) is 3.72. The highest BCUT2D eigenvalue weighted by Crippen LogP contribution is 2.54. The third-order valence-corrected chi connectivity index (χ3v) is 7.27. The van der Waals surface area contributed by atoms with E-state index in [4.69, 9.17) is 0 Å². The fourth-order valence-corrected chi connectivity index (χ4v) is 5.40. The van der Waals surface area contributed by atoms with Gasteiger partial charge in [-0.1, -0.05) is 76.6 Å².